The highest BCUT2D eigenvalue weighted by Crippen LogP contribution is 2.50. The van der Waals surface area contributed by atoms with E-state index in [1.165, 1.54) is 142 Å². The molecule has 3 nitrogen and oxygen atoms in total. The van der Waals surface area contributed by atoms with E-state index in [0.29, 0.717) is 0 Å². The molecule has 65 heavy (non-hydrogen) atoms. The Balaban J connectivity index is 1.22. The van der Waals surface area contributed by atoms with E-state index >= 15 is 0 Å². The molecule has 0 saturated heterocycles. The quantitative estimate of drug-likeness (QED) is 0.144. The summed E-state index contributed by atoms with van der Waals surface area (Å²) in [6.07, 6.45) is 0. The molecule has 0 radical (unpaired) electrons. The van der Waals surface area contributed by atoms with Crippen molar-refractivity contribution in [2.75, 3.05) is 0 Å². The third-order valence-electron chi connectivity index (χ3n) is 15.7. The first-order chi connectivity index (χ1) is 30.4. The van der Waals surface area contributed by atoms with Gasteiger partial charge >= 0.3 is 0 Å². The topological polar surface area (TPSA) is 13.2 Å². The Hall–Kier alpha value is -6.06. The number of benzene rings is 7. The Kier molecular flexibility index (Phi) is 7.05. The molecule has 13 rings (SSSR count). The van der Waals surface area contributed by atoms with Gasteiger partial charge in [0.25, 0.3) is 0 Å². The third kappa shape index (κ3) is 5.03. The van der Waals surface area contributed by atoms with Crippen molar-refractivity contribution in [3.63, 3.8) is 0 Å². The minimum Gasteiger partial charge on any atom is -0.308 e. The van der Waals surface area contributed by atoms with Gasteiger partial charge < -0.3 is 13.2 Å². The van der Waals surface area contributed by atoms with Crippen LogP contribution in [0.25, 0.3) is 114 Å². The number of hydrogen-bond donors (Lipinski definition) is 0. The van der Waals surface area contributed by atoms with Crippen LogP contribution >= 0.6 is 0 Å². The molecule has 6 aromatic heterocycles. The fourth-order valence-corrected chi connectivity index (χ4v) is 11.9. The van der Waals surface area contributed by atoms with Gasteiger partial charge in [-0.05, 0) is 140 Å². The largest absolute Gasteiger partial charge is 0.308 e. The normalized spacial score (nSPS) is 14.4. The van der Waals surface area contributed by atoms with Crippen LogP contribution in [0.15, 0.2) is 97.1 Å². The Labute approximate surface area is 381 Å². The van der Waals surface area contributed by atoms with E-state index in [1.807, 2.05) is 0 Å². The van der Waals surface area contributed by atoms with Crippen LogP contribution in [0.2, 0.25) is 0 Å². The summed E-state index contributed by atoms with van der Waals surface area (Å²) in [5, 5.41) is 16.2. The maximum absolute atomic E-state index is 2.64. The zero-order chi connectivity index (χ0) is 45.6. The zero-order valence-corrected chi connectivity index (χ0v) is 41.1. The summed E-state index contributed by atoms with van der Waals surface area (Å²) in [5.74, 6) is 0. The molecule has 0 amide bonds. The van der Waals surface area contributed by atoms with E-state index in [2.05, 4.69) is 214 Å². The molecule has 0 aliphatic carbocycles. The lowest BCUT2D eigenvalue weighted by atomic mass is 9.84. The van der Waals surface area contributed by atoms with Crippen LogP contribution in [0.3, 0.4) is 0 Å². The number of aromatic nitrogens is 3. The van der Waals surface area contributed by atoms with Crippen molar-refractivity contribution in [2.45, 2.75) is 131 Å². The smallest absolute Gasteiger partial charge is 0.0620 e. The highest BCUT2D eigenvalue weighted by atomic mass is 15.0. The van der Waals surface area contributed by atoms with Crippen LogP contribution < -0.4 is 0 Å². The summed E-state index contributed by atoms with van der Waals surface area (Å²) >= 11 is 0. The van der Waals surface area contributed by atoms with Crippen molar-refractivity contribution in [3.05, 3.63) is 125 Å². The van der Waals surface area contributed by atoms with E-state index in [0.717, 1.165) is 0 Å². The maximum Gasteiger partial charge on any atom is 0.0620 e. The highest BCUT2D eigenvalue weighted by Gasteiger charge is 2.30. The highest BCUT2D eigenvalue weighted by molar-refractivity contribution is 6.32. The van der Waals surface area contributed by atoms with E-state index in [4.69, 9.17) is 0 Å². The molecule has 0 fully saturated rings. The summed E-state index contributed by atoms with van der Waals surface area (Å²) in [5.41, 5.74) is 18.7. The van der Waals surface area contributed by atoms with Crippen molar-refractivity contribution in [3.8, 4) is 0 Å². The average molecular weight is 848 g/mol. The Morgan fingerprint density at radius 3 is 0.677 bits per heavy atom. The molecule has 324 valence electrons. The van der Waals surface area contributed by atoms with Gasteiger partial charge in [-0.2, -0.15) is 0 Å². The second-order valence-corrected chi connectivity index (χ2v) is 25.3. The van der Waals surface area contributed by atoms with Crippen molar-refractivity contribution in [2.24, 2.45) is 0 Å². The molecule has 13 aromatic rings. The molecular weight excluding hydrogens is 787 g/mol. The molecule has 7 aromatic carbocycles. The van der Waals surface area contributed by atoms with Gasteiger partial charge in [-0.15, -0.1) is 0 Å². The van der Waals surface area contributed by atoms with Crippen LogP contribution in [-0.4, -0.2) is 13.2 Å². The fraction of sp³-hybridized carbons (Fsp3) is 0.323. The Morgan fingerprint density at radius 2 is 0.431 bits per heavy atom. The van der Waals surface area contributed by atoms with Crippen molar-refractivity contribution in [1.82, 2.24) is 13.2 Å². The minimum atomic E-state index is -0.0257. The third-order valence-corrected chi connectivity index (χ3v) is 15.7. The van der Waals surface area contributed by atoms with Gasteiger partial charge in [0, 0.05) is 64.6 Å². The molecule has 6 heterocycles. The van der Waals surface area contributed by atoms with Gasteiger partial charge in [-0.3, -0.25) is 0 Å². The summed E-state index contributed by atoms with van der Waals surface area (Å²) < 4.78 is 7.82. The fourth-order valence-electron chi connectivity index (χ4n) is 11.9. The van der Waals surface area contributed by atoms with Gasteiger partial charge in [0.15, 0.2) is 0 Å². The second-order valence-electron chi connectivity index (χ2n) is 25.3. The molecule has 0 bridgehead atoms. The van der Waals surface area contributed by atoms with Crippen LogP contribution in [0, 0.1) is 0 Å². The monoisotopic (exact) mass is 847 g/mol. The van der Waals surface area contributed by atoms with Crippen LogP contribution in [0.4, 0.5) is 0 Å². The van der Waals surface area contributed by atoms with E-state index in [9.17, 15) is 0 Å². The SMILES string of the molecule is CC(C)(C)c1ccc2c(c1)c1cc(C(C)(C)C)cc3c4cc5c6cc(C(C)(C)C)cc7c8cc9c%10cc(C(C)(C)C)cc%11c%12cc(C(C)(C)C)ccc%12n(c9cc8n(c5cc4n2c13)c67)c%11%10. The lowest BCUT2D eigenvalue weighted by Gasteiger charge is -2.20. The first-order valence-corrected chi connectivity index (χ1v) is 24.0. The second kappa shape index (κ2) is 11.7. The van der Waals surface area contributed by atoms with Crippen LogP contribution in [-0.2, 0) is 27.1 Å². The van der Waals surface area contributed by atoms with E-state index < -0.39 is 0 Å². The molecule has 0 N–H and O–H groups in total. The van der Waals surface area contributed by atoms with E-state index in [1.54, 1.807) is 0 Å². The van der Waals surface area contributed by atoms with Crippen LogP contribution in [0.1, 0.15) is 132 Å². The Morgan fingerprint density at radius 1 is 0.215 bits per heavy atom. The minimum absolute atomic E-state index is 0.00438. The summed E-state index contributed by atoms with van der Waals surface area (Å²) in [6, 6.07) is 39.7. The lowest BCUT2D eigenvalue weighted by molar-refractivity contribution is 0.590. The van der Waals surface area contributed by atoms with E-state index in [-0.39, 0.29) is 27.1 Å². The number of fused-ring (bicyclic) bond motifs is 18. The van der Waals surface area contributed by atoms with Crippen molar-refractivity contribution >= 4 is 114 Å². The standard InChI is InChI=1S/C62H61N3/c1-58(2,3)32-16-18-49-37(20-32)43-22-34(60(7,8)9)24-45-39-28-41-47-26-36(62(13,14)15)27-48-42-29-40-46-25-35(61(10,11)12)23-44-38-21-33(59(4,5)6)17-19-50(38)64(56(44)46)52(40)31-54(42)65(57(47)48)53(41)30-51(39)63(49)55(43)45/h16-31H,1-15H3. The molecule has 0 saturated carbocycles. The molecule has 0 aliphatic heterocycles. The van der Waals surface area contributed by atoms with Gasteiger partial charge in [0.05, 0.1) is 49.7 Å². The van der Waals surface area contributed by atoms with Gasteiger partial charge in [-0.1, -0.05) is 116 Å². The average Bonchev–Trinajstić information content (AvgIpc) is 4.04. The van der Waals surface area contributed by atoms with Gasteiger partial charge in [0.2, 0.25) is 0 Å². The first kappa shape index (κ1) is 39.3. The Bertz CT molecular complexity index is 3950. The molecule has 0 atom stereocenters. The first-order valence-electron chi connectivity index (χ1n) is 24.0. The van der Waals surface area contributed by atoms with Crippen molar-refractivity contribution < 1.29 is 0 Å². The predicted octanol–water partition coefficient (Wildman–Crippen LogP) is 17.6. The number of hydrogen-bond acceptors (Lipinski definition) is 0. The lowest BCUT2D eigenvalue weighted by Crippen LogP contribution is -2.11. The van der Waals surface area contributed by atoms with Gasteiger partial charge in [0.1, 0.15) is 0 Å². The zero-order valence-electron chi connectivity index (χ0n) is 41.1. The molecule has 0 unspecified atom stereocenters. The molecular formula is C62H61N3. The summed E-state index contributed by atoms with van der Waals surface area (Å²) in [6.45, 7) is 35.2. The molecule has 0 spiro atoms. The maximum atomic E-state index is 2.64. The van der Waals surface area contributed by atoms with Crippen LogP contribution in [0.5, 0.6) is 0 Å². The molecule has 3 heteroatoms. The summed E-state index contributed by atoms with van der Waals surface area (Å²) in [4.78, 5) is 0. The number of nitrogens with zero attached hydrogens (tertiary/aromatic N) is 3. The predicted molar refractivity (Wildman–Crippen MR) is 284 cm³/mol. The number of rotatable bonds is 0. The van der Waals surface area contributed by atoms with Crippen molar-refractivity contribution in [1.29, 1.82) is 0 Å². The molecule has 0 aliphatic rings. The van der Waals surface area contributed by atoms with Gasteiger partial charge in [-0.25, -0.2) is 0 Å². The summed E-state index contributed by atoms with van der Waals surface area (Å²) in [7, 11) is 0.